The van der Waals surface area contributed by atoms with E-state index in [1.807, 2.05) is 12.1 Å². The van der Waals surface area contributed by atoms with Crippen LogP contribution in [0.1, 0.15) is 34.6 Å². The van der Waals surface area contributed by atoms with Crippen molar-refractivity contribution in [1.29, 1.82) is 0 Å². The van der Waals surface area contributed by atoms with Crippen LogP contribution in [0.15, 0.2) is 42.5 Å². The first-order valence-corrected chi connectivity index (χ1v) is 8.43. The van der Waals surface area contributed by atoms with Gasteiger partial charge in [-0.3, -0.25) is 14.9 Å². The number of nitrogens with zero attached hydrogens (tertiary/aromatic N) is 2. The molecule has 0 bridgehead atoms. The number of esters is 1. The zero-order valence-corrected chi connectivity index (χ0v) is 15.4. The molecule has 2 rings (SSSR count). The van der Waals surface area contributed by atoms with Gasteiger partial charge in [0.1, 0.15) is 0 Å². The summed E-state index contributed by atoms with van der Waals surface area (Å²) in [6, 6.07) is 10.7. The van der Waals surface area contributed by atoms with Crippen LogP contribution in [0, 0.1) is 10.1 Å². The second kappa shape index (κ2) is 8.79. The highest BCUT2D eigenvalue weighted by atomic mass is 16.6. The fourth-order valence-electron chi connectivity index (χ4n) is 2.63. The molecule has 142 valence electrons. The molecule has 0 spiro atoms. The summed E-state index contributed by atoms with van der Waals surface area (Å²) in [4.78, 5) is 36.8. The van der Waals surface area contributed by atoms with E-state index < -0.39 is 16.8 Å². The van der Waals surface area contributed by atoms with Crippen LogP contribution >= 0.6 is 0 Å². The Morgan fingerprint density at radius 1 is 1.07 bits per heavy atom. The third-order valence-electron chi connectivity index (χ3n) is 4.07. The minimum absolute atomic E-state index is 0.00239. The Morgan fingerprint density at radius 2 is 1.67 bits per heavy atom. The van der Waals surface area contributed by atoms with Gasteiger partial charge in [0, 0.05) is 42.2 Å². The second-order valence-corrected chi connectivity index (χ2v) is 5.69. The Balaban J connectivity index is 2.25. The number of nitro benzene ring substituents is 1. The van der Waals surface area contributed by atoms with Crippen LogP contribution in [0.3, 0.4) is 0 Å². The van der Waals surface area contributed by atoms with Crippen LogP contribution in [0.5, 0.6) is 0 Å². The molecular formula is C19H21N3O5. The molecule has 0 saturated carbocycles. The number of anilines is 2. The molecule has 0 aromatic heterocycles. The molecule has 0 aliphatic carbocycles. The number of nitro groups is 1. The molecule has 8 nitrogen and oxygen atoms in total. The summed E-state index contributed by atoms with van der Waals surface area (Å²) in [5.74, 6) is -1.31. The summed E-state index contributed by atoms with van der Waals surface area (Å²) in [6.07, 6.45) is 0. The number of hydrogen-bond acceptors (Lipinski definition) is 6. The molecule has 2 aromatic rings. The minimum Gasteiger partial charge on any atom is -0.465 e. The van der Waals surface area contributed by atoms with E-state index in [1.165, 1.54) is 13.2 Å². The number of hydrogen-bond donors (Lipinski definition) is 1. The lowest BCUT2D eigenvalue weighted by Crippen LogP contribution is -2.21. The summed E-state index contributed by atoms with van der Waals surface area (Å²) in [5, 5.41) is 13.8. The Labute approximate surface area is 156 Å². The Morgan fingerprint density at radius 3 is 2.19 bits per heavy atom. The van der Waals surface area contributed by atoms with E-state index in [4.69, 9.17) is 0 Å². The van der Waals surface area contributed by atoms with Crippen molar-refractivity contribution in [1.82, 2.24) is 0 Å². The number of carbonyl (C=O) groups excluding carboxylic acids is 2. The summed E-state index contributed by atoms with van der Waals surface area (Å²) in [6.45, 7) is 5.85. The number of rotatable bonds is 7. The van der Waals surface area contributed by atoms with Crippen LogP contribution < -0.4 is 10.2 Å². The molecule has 0 atom stereocenters. The second-order valence-electron chi connectivity index (χ2n) is 5.69. The average Bonchev–Trinajstić information content (AvgIpc) is 2.69. The smallest absolute Gasteiger partial charge is 0.338 e. The van der Waals surface area contributed by atoms with Crippen molar-refractivity contribution < 1.29 is 19.2 Å². The highest BCUT2D eigenvalue weighted by Gasteiger charge is 2.18. The van der Waals surface area contributed by atoms with Crippen LogP contribution in [0.4, 0.5) is 17.1 Å². The highest BCUT2D eigenvalue weighted by molar-refractivity contribution is 6.06. The minimum atomic E-state index is -0.753. The monoisotopic (exact) mass is 371 g/mol. The van der Waals surface area contributed by atoms with Gasteiger partial charge in [0.15, 0.2) is 0 Å². The van der Waals surface area contributed by atoms with E-state index in [-0.39, 0.29) is 16.8 Å². The topological polar surface area (TPSA) is 102 Å². The third kappa shape index (κ3) is 4.81. The van der Waals surface area contributed by atoms with Crippen molar-refractivity contribution in [3.8, 4) is 0 Å². The molecule has 0 unspecified atom stereocenters. The van der Waals surface area contributed by atoms with Gasteiger partial charge < -0.3 is 15.0 Å². The third-order valence-corrected chi connectivity index (χ3v) is 4.07. The summed E-state index contributed by atoms with van der Waals surface area (Å²) < 4.78 is 4.58. The van der Waals surface area contributed by atoms with Crippen LogP contribution in [-0.4, -0.2) is 37.0 Å². The molecule has 2 aromatic carbocycles. The normalized spacial score (nSPS) is 10.2. The van der Waals surface area contributed by atoms with Crippen LogP contribution in [-0.2, 0) is 4.74 Å². The lowest BCUT2D eigenvalue weighted by molar-refractivity contribution is -0.384. The number of ether oxygens (including phenoxy) is 1. The number of benzene rings is 2. The Hall–Kier alpha value is -3.42. The number of methoxy groups -OCH3 is 1. The molecule has 0 fully saturated rings. The highest BCUT2D eigenvalue weighted by Crippen LogP contribution is 2.21. The first-order valence-electron chi connectivity index (χ1n) is 8.43. The molecule has 8 heteroatoms. The Bertz CT molecular complexity index is 845. The van der Waals surface area contributed by atoms with Crippen molar-refractivity contribution in [3.63, 3.8) is 0 Å². The van der Waals surface area contributed by atoms with Crippen molar-refractivity contribution in [2.24, 2.45) is 0 Å². The molecule has 0 saturated heterocycles. The molecule has 1 N–H and O–H groups in total. The number of carbonyl (C=O) groups is 2. The zero-order valence-electron chi connectivity index (χ0n) is 15.4. The van der Waals surface area contributed by atoms with E-state index in [0.717, 1.165) is 30.9 Å². The molecule has 27 heavy (non-hydrogen) atoms. The first kappa shape index (κ1) is 19.9. The largest absolute Gasteiger partial charge is 0.465 e. The fourth-order valence-corrected chi connectivity index (χ4v) is 2.63. The lowest BCUT2D eigenvalue weighted by Gasteiger charge is -2.21. The van der Waals surface area contributed by atoms with Crippen molar-refractivity contribution >= 4 is 28.9 Å². The van der Waals surface area contributed by atoms with Gasteiger partial charge in [-0.15, -0.1) is 0 Å². The van der Waals surface area contributed by atoms with Gasteiger partial charge >= 0.3 is 5.97 Å². The van der Waals surface area contributed by atoms with Crippen molar-refractivity contribution in [2.45, 2.75) is 13.8 Å². The van der Waals surface area contributed by atoms with Crippen LogP contribution in [0.2, 0.25) is 0 Å². The standard InChI is InChI=1S/C19H21N3O5/c1-4-21(5-2)16-8-6-15(7-9-16)20-18(23)13-10-14(19(24)27-3)12-17(11-13)22(25)26/h6-12H,4-5H2,1-3H3,(H,20,23). The number of nitrogens with one attached hydrogen (secondary N) is 1. The van der Waals surface area contributed by atoms with Crippen molar-refractivity contribution in [2.75, 3.05) is 30.4 Å². The summed E-state index contributed by atoms with van der Waals surface area (Å²) in [5.41, 5.74) is 1.15. The molecule has 0 heterocycles. The van der Waals surface area contributed by atoms with Gasteiger partial charge in [-0.2, -0.15) is 0 Å². The maximum Gasteiger partial charge on any atom is 0.338 e. The van der Waals surface area contributed by atoms with Gasteiger partial charge in [-0.05, 0) is 44.2 Å². The summed E-state index contributed by atoms with van der Waals surface area (Å²) in [7, 11) is 1.17. The fraction of sp³-hybridized carbons (Fsp3) is 0.263. The molecule has 1 amide bonds. The van der Waals surface area contributed by atoms with E-state index in [1.54, 1.807) is 12.1 Å². The van der Waals surface area contributed by atoms with E-state index in [0.29, 0.717) is 5.69 Å². The number of amides is 1. The Kier molecular flexibility index (Phi) is 6.48. The molecule has 0 aliphatic heterocycles. The summed E-state index contributed by atoms with van der Waals surface area (Å²) >= 11 is 0. The first-order chi connectivity index (χ1) is 12.9. The number of non-ortho nitro benzene ring substituents is 1. The quantitative estimate of drug-likeness (QED) is 0.454. The van der Waals surface area contributed by atoms with Crippen molar-refractivity contribution in [3.05, 3.63) is 63.7 Å². The maximum atomic E-state index is 12.5. The predicted octanol–water partition coefficient (Wildman–Crippen LogP) is 3.48. The van der Waals surface area contributed by atoms with E-state index in [9.17, 15) is 19.7 Å². The SMILES string of the molecule is CCN(CC)c1ccc(NC(=O)c2cc(C(=O)OC)cc([N+](=O)[O-])c2)cc1. The molecule has 0 radical (unpaired) electrons. The van der Waals surface area contributed by atoms with Gasteiger partial charge in [0.25, 0.3) is 11.6 Å². The van der Waals surface area contributed by atoms with Gasteiger partial charge in [0.2, 0.25) is 0 Å². The van der Waals surface area contributed by atoms with Crippen LogP contribution in [0.25, 0.3) is 0 Å². The molecular weight excluding hydrogens is 350 g/mol. The zero-order chi connectivity index (χ0) is 20.0. The predicted molar refractivity (Wildman–Crippen MR) is 102 cm³/mol. The van der Waals surface area contributed by atoms with Gasteiger partial charge in [0.05, 0.1) is 17.6 Å². The lowest BCUT2D eigenvalue weighted by atomic mass is 10.1. The van der Waals surface area contributed by atoms with Gasteiger partial charge in [-0.1, -0.05) is 0 Å². The maximum absolute atomic E-state index is 12.5. The van der Waals surface area contributed by atoms with E-state index >= 15 is 0 Å². The van der Waals surface area contributed by atoms with E-state index in [2.05, 4.69) is 28.8 Å². The molecule has 0 aliphatic rings. The average molecular weight is 371 g/mol. The van der Waals surface area contributed by atoms with Gasteiger partial charge in [-0.25, -0.2) is 4.79 Å².